The summed E-state index contributed by atoms with van der Waals surface area (Å²) >= 11 is 1.55. The summed E-state index contributed by atoms with van der Waals surface area (Å²) < 4.78 is 0. The highest BCUT2D eigenvalue weighted by Crippen LogP contribution is 2.21. The molecule has 0 spiro atoms. The molecule has 1 aromatic carbocycles. The summed E-state index contributed by atoms with van der Waals surface area (Å²) in [6, 6.07) is 10.1. The average molecular weight is 315 g/mol. The van der Waals surface area contributed by atoms with Crippen LogP contribution in [-0.2, 0) is 17.6 Å². The summed E-state index contributed by atoms with van der Waals surface area (Å²) in [7, 11) is 0. The Morgan fingerprint density at radius 1 is 1.27 bits per heavy atom. The van der Waals surface area contributed by atoms with Crippen molar-refractivity contribution in [3.63, 3.8) is 0 Å². The summed E-state index contributed by atoms with van der Waals surface area (Å²) in [5.74, 6) is 0.186. The van der Waals surface area contributed by atoms with E-state index in [-0.39, 0.29) is 11.9 Å². The number of amides is 1. The Labute approximate surface area is 135 Å². The number of aromatic nitrogens is 1. The Morgan fingerprint density at radius 2 is 2.00 bits per heavy atom. The van der Waals surface area contributed by atoms with Gasteiger partial charge in [-0.25, -0.2) is 4.98 Å². The van der Waals surface area contributed by atoms with Gasteiger partial charge in [-0.3, -0.25) is 4.79 Å². The minimum Gasteiger partial charge on any atom is -0.342 e. The maximum Gasteiger partial charge on any atom is 0.228 e. The number of benzene rings is 1. The van der Waals surface area contributed by atoms with E-state index in [0.717, 1.165) is 43.1 Å². The standard InChI is InChI=1S/C17H21N3OS/c18-15(10-13-6-2-1-3-7-13)17-19-14(12-22-17)11-16(21)20-8-4-5-9-20/h1-3,6-7,12,15H,4-5,8-11,18H2. The van der Waals surface area contributed by atoms with Gasteiger partial charge in [-0.15, -0.1) is 11.3 Å². The highest BCUT2D eigenvalue weighted by molar-refractivity contribution is 7.09. The average Bonchev–Trinajstić information content (AvgIpc) is 3.19. The summed E-state index contributed by atoms with van der Waals surface area (Å²) in [5, 5.41) is 2.88. The number of likely N-dealkylation sites (tertiary alicyclic amines) is 1. The lowest BCUT2D eigenvalue weighted by Gasteiger charge is -2.14. The molecule has 116 valence electrons. The molecule has 1 aliphatic heterocycles. The zero-order valence-corrected chi connectivity index (χ0v) is 13.4. The van der Waals surface area contributed by atoms with Crippen LogP contribution in [0.25, 0.3) is 0 Å². The fourth-order valence-electron chi connectivity index (χ4n) is 2.76. The lowest BCUT2D eigenvalue weighted by Crippen LogP contribution is -2.29. The Hall–Kier alpha value is -1.72. The summed E-state index contributed by atoms with van der Waals surface area (Å²) in [6.07, 6.45) is 3.41. The number of hydrogen-bond donors (Lipinski definition) is 1. The molecular weight excluding hydrogens is 294 g/mol. The number of hydrogen-bond acceptors (Lipinski definition) is 4. The van der Waals surface area contributed by atoms with Crippen LogP contribution in [0, 0.1) is 0 Å². The highest BCUT2D eigenvalue weighted by Gasteiger charge is 2.20. The third kappa shape index (κ3) is 3.72. The van der Waals surface area contributed by atoms with E-state index in [2.05, 4.69) is 17.1 Å². The third-order valence-corrected chi connectivity index (χ3v) is 5.00. The van der Waals surface area contributed by atoms with Gasteiger partial charge in [0, 0.05) is 18.5 Å². The van der Waals surface area contributed by atoms with Gasteiger partial charge in [0.15, 0.2) is 0 Å². The van der Waals surface area contributed by atoms with Crippen LogP contribution < -0.4 is 5.73 Å². The molecule has 4 nitrogen and oxygen atoms in total. The summed E-state index contributed by atoms with van der Waals surface area (Å²) in [4.78, 5) is 18.6. The molecule has 2 aromatic rings. The maximum atomic E-state index is 12.1. The molecule has 1 amide bonds. The van der Waals surface area contributed by atoms with Crippen molar-refractivity contribution in [3.8, 4) is 0 Å². The van der Waals surface area contributed by atoms with E-state index >= 15 is 0 Å². The Bertz CT molecular complexity index is 620. The number of carbonyl (C=O) groups is 1. The molecule has 22 heavy (non-hydrogen) atoms. The van der Waals surface area contributed by atoms with E-state index in [1.165, 1.54) is 5.56 Å². The SMILES string of the molecule is NC(Cc1ccccc1)c1nc(CC(=O)N2CCCC2)cs1. The molecule has 1 atom stereocenters. The van der Waals surface area contributed by atoms with Crippen molar-refractivity contribution in [2.24, 2.45) is 5.73 Å². The maximum absolute atomic E-state index is 12.1. The van der Waals surface area contributed by atoms with Gasteiger partial charge in [-0.05, 0) is 24.8 Å². The van der Waals surface area contributed by atoms with Crippen molar-refractivity contribution in [2.75, 3.05) is 13.1 Å². The molecule has 1 saturated heterocycles. The van der Waals surface area contributed by atoms with Gasteiger partial charge in [0.1, 0.15) is 5.01 Å². The van der Waals surface area contributed by atoms with Crippen molar-refractivity contribution >= 4 is 17.2 Å². The minimum atomic E-state index is -0.108. The lowest BCUT2D eigenvalue weighted by atomic mass is 10.1. The van der Waals surface area contributed by atoms with Crippen LogP contribution in [0.1, 0.15) is 35.1 Å². The van der Waals surface area contributed by atoms with Crippen LogP contribution in [0.15, 0.2) is 35.7 Å². The molecule has 1 unspecified atom stereocenters. The van der Waals surface area contributed by atoms with Crippen molar-refractivity contribution in [3.05, 3.63) is 52.0 Å². The fourth-order valence-corrected chi connectivity index (χ4v) is 3.58. The number of nitrogens with two attached hydrogens (primary N) is 1. The second-order valence-corrected chi connectivity index (χ2v) is 6.63. The first kappa shape index (κ1) is 15.2. The first-order chi connectivity index (χ1) is 10.7. The van der Waals surface area contributed by atoms with Crippen molar-refractivity contribution in [1.82, 2.24) is 9.88 Å². The van der Waals surface area contributed by atoms with Crippen LogP contribution in [0.3, 0.4) is 0 Å². The molecule has 0 saturated carbocycles. The van der Waals surface area contributed by atoms with Crippen molar-refractivity contribution in [2.45, 2.75) is 31.7 Å². The predicted molar refractivity (Wildman–Crippen MR) is 88.7 cm³/mol. The van der Waals surface area contributed by atoms with E-state index in [1.807, 2.05) is 28.5 Å². The van der Waals surface area contributed by atoms with Gasteiger partial charge in [0.2, 0.25) is 5.91 Å². The molecule has 5 heteroatoms. The molecule has 1 fully saturated rings. The first-order valence-electron chi connectivity index (χ1n) is 7.74. The normalized spacial score (nSPS) is 16.0. The second-order valence-electron chi connectivity index (χ2n) is 5.74. The first-order valence-corrected chi connectivity index (χ1v) is 8.62. The van der Waals surface area contributed by atoms with Crippen LogP contribution in [0.4, 0.5) is 0 Å². The van der Waals surface area contributed by atoms with Gasteiger partial charge in [-0.1, -0.05) is 30.3 Å². The zero-order valence-electron chi connectivity index (χ0n) is 12.6. The van der Waals surface area contributed by atoms with E-state index in [4.69, 9.17) is 5.73 Å². The molecule has 3 rings (SSSR count). The molecule has 0 radical (unpaired) electrons. The van der Waals surface area contributed by atoms with E-state index in [0.29, 0.717) is 6.42 Å². The van der Waals surface area contributed by atoms with Gasteiger partial charge in [0.05, 0.1) is 18.2 Å². The summed E-state index contributed by atoms with van der Waals surface area (Å²) in [5.41, 5.74) is 8.30. The molecule has 2 N–H and O–H groups in total. The van der Waals surface area contributed by atoms with E-state index in [1.54, 1.807) is 11.3 Å². The molecule has 0 aliphatic carbocycles. The number of thiazole rings is 1. The quantitative estimate of drug-likeness (QED) is 0.922. The topological polar surface area (TPSA) is 59.2 Å². The van der Waals surface area contributed by atoms with Crippen molar-refractivity contribution < 1.29 is 4.79 Å². The highest BCUT2D eigenvalue weighted by atomic mass is 32.1. The second kappa shape index (κ2) is 7.03. The molecule has 2 heterocycles. The summed E-state index contributed by atoms with van der Waals surface area (Å²) in [6.45, 7) is 1.78. The van der Waals surface area contributed by atoms with Crippen LogP contribution in [-0.4, -0.2) is 28.9 Å². The Morgan fingerprint density at radius 3 is 2.73 bits per heavy atom. The largest absolute Gasteiger partial charge is 0.342 e. The third-order valence-electron chi connectivity index (χ3n) is 3.98. The van der Waals surface area contributed by atoms with Crippen LogP contribution in [0.2, 0.25) is 0 Å². The molecule has 1 aromatic heterocycles. The van der Waals surface area contributed by atoms with Gasteiger partial charge in [-0.2, -0.15) is 0 Å². The van der Waals surface area contributed by atoms with Crippen molar-refractivity contribution in [1.29, 1.82) is 0 Å². The van der Waals surface area contributed by atoms with Crippen LogP contribution >= 0.6 is 11.3 Å². The number of rotatable bonds is 5. The fraction of sp³-hybridized carbons (Fsp3) is 0.412. The van der Waals surface area contributed by atoms with Crippen LogP contribution in [0.5, 0.6) is 0 Å². The monoisotopic (exact) mass is 315 g/mol. The minimum absolute atomic E-state index is 0.108. The molecule has 1 aliphatic rings. The van der Waals surface area contributed by atoms with E-state index < -0.39 is 0 Å². The smallest absolute Gasteiger partial charge is 0.228 e. The van der Waals surface area contributed by atoms with Gasteiger partial charge >= 0.3 is 0 Å². The predicted octanol–water partition coefficient (Wildman–Crippen LogP) is 2.55. The van der Waals surface area contributed by atoms with Gasteiger partial charge in [0.25, 0.3) is 0 Å². The zero-order chi connectivity index (χ0) is 15.4. The Balaban J connectivity index is 1.59. The number of nitrogens with zero attached hydrogens (tertiary/aromatic N) is 2. The molecule has 0 bridgehead atoms. The number of carbonyl (C=O) groups excluding carboxylic acids is 1. The Kier molecular flexibility index (Phi) is 4.85. The molecular formula is C17H21N3OS. The lowest BCUT2D eigenvalue weighted by molar-refractivity contribution is -0.129. The van der Waals surface area contributed by atoms with Gasteiger partial charge < -0.3 is 10.6 Å². The van der Waals surface area contributed by atoms with E-state index in [9.17, 15) is 4.79 Å².